The van der Waals surface area contributed by atoms with Crippen LogP contribution in [0.25, 0.3) is 0 Å². The second-order valence-corrected chi connectivity index (χ2v) is 3.03. The van der Waals surface area contributed by atoms with Gasteiger partial charge in [0.25, 0.3) is 0 Å². The van der Waals surface area contributed by atoms with Gasteiger partial charge in [-0.05, 0) is 18.9 Å². The van der Waals surface area contributed by atoms with E-state index in [0.29, 0.717) is 18.1 Å². The molecule has 0 fully saturated rings. The van der Waals surface area contributed by atoms with Gasteiger partial charge in [0.15, 0.2) is 0 Å². The van der Waals surface area contributed by atoms with Crippen molar-refractivity contribution in [3.8, 4) is 0 Å². The van der Waals surface area contributed by atoms with Crippen molar-refractivity contribution in [2.45, 2.75) is 26.9 Å². The van der Waals surface area contributed by atoms with Crippen LogP contribution in [0.3, 0.4) is 0 Å². The number of hydrogen-bond donors (Lipinski definition) is 0. The second kappa shape index (κ2) is 3.70. The maximum absolute atomic E-state index is 11.8. The zero-order valence-corrected chi connectivity index (χ0v) is 7.18. The summed E-state index contributed by atoms with van der Waals surface area (Å²) in [4.78, 5) is 0. The van der Waals surface area contributed by atoms with E-state index >= 15 is 0 Å². The zero-order chi connectivity index (χ0) is 9.14. The van der Waals surface area contributed by atoms with Crippen molar-refractivity contribution in [2.24, 2.45) is 5.92 Å². The first kappa shape index (κ1) is 9.23. The fourth-order valence-electron chi connectivity index (χ4n) is 1.12. The van der Waals surface area contributed by atoms with Crippen molar-refractivity contribution in [3.63, 3.8) is 0 Å². The minimum absolute atomic E-state index is 0.309. The SMILES string of the molecule is CC1=CC=C(OC(F)F)CC1C. The molecule has 0 aromatic carbocycles. The molecule has 0 aliphatic heterocycles. The number of ether oxygens (including phenoxy) is 1. The Balaban J connectivity index is 2.58. The molecule has 0 spiro atoms. The molecular formula is C9H12F2O. The van der Waals surface area contributed by atoms with Crippen molar-refractivity contribution in [1.82, 2.24) is 0 Å². The van der Waals surface area contributed by atoms with Crippen LogP contribution >= 0.6 is 0 Å². The van der Waals surface area contributed by atoms with E-state index in [1.807, 2.05) is 19.9 Å². The van der Waals surface area contributed by atoms with E-state index in [1.165, 1.54) is 5.57 Å². The quantitative estimate of drug-likeness (QED) is 0.625. The first-order chi connectivity index (χ1) is 5.59. The molecule has 0 aromatic rings. The Kier molecular flexibility index (Phi) is 2.84. The van der Waals surface area contributed by atoms with Gasteiger partial charge >= 0.3 is 6.61 Å². The molecule has 0 heterocycles. The Hall–Kier alpha value is -0.860. The summed E-state index contributed by atoms with van der Waals surface area (Å²) in [6, 6.07) is 0. The van der Waals surface area contributed by atoms with Gasteiger partial charge in [-0.3, -0.25) is 0 Å². The number of alkyl halides is 2. The summed E-state index contributed by atoms with van der Waals surface area (Å²) in [5.41, 5.74) is 1.21. The molecule has 1 rings (SSSR count). The highest BCUT2D eigenvalue weighted by molar-refractivity contribution is 5.21. The molecule has 12 heavy (non-hydrogen) atoms. The molecular weight excluding hydrogens is 162 g/mol. The lowest BCUT2D eigenvalue weighted by atomic mass is 9.94. The molecule has 1 unspecified atom stereocenters. The topological polar surface area (TPSA) is 9.23 Å². The van der Waals surface area contributed by atoms with E-state index in [2.05, 4.69) is 4.74 Å². The van der Waals surface area contributed by atoms with Crippen molar-refractivity contribution in [2.75, 3.05) is 0 Å². The second-order valence-electron chi connectivity index (χ2n) is 3.03. The van der Waals surface area contributed by atoms with Gasteiger partial charge in [-0.25, -0.2) is 0 Å². The van der Waals surface area contributed by atoms with Gasteiger partial charge in [-0.1, -0.05) is 18.6 Å². The standard InChI is InChI=1S/C9H12F2O/c1-6-3-4-8(5-7(6)2)12-9(10)11/h3-4,7,9H,5H2,1-2H3. The van der Waals surface area contributed by atoms with Crippen LogP contribution in [0.1, 0.15) is 20.3 Å². The van der Waals surface area contributed by atoms with E-state index < -0.39 is 6.61 Å². The molecule has 0 saturated carbocycles. The molecule has 0 aromatic heterocycles. The predicted molar refractivity (Wildman–Crippen MR) is 42.7 cm³/mol. The van der Waals surface area contributed by atoms with Crippen molar-refractivity contribution < 1.29 is 13.5 Å². The van der Waals surface area contributed by atoms with E-state index in [4.69, 9.17) is 0 Å². The predicted octanol–water partition coefficient (Wildman–Crippen LogP) is 3.10. The van der Waals surface area contributed by atoms with E-state index in [1.54, 1.807) is 6.08 Å². The van der Waals surface area contributed by atoms with Crippen LogP contribution in [0, 0.1) is 5.92 Å². The third-order valence-corrected chi connectivity index (χ3v) is 2.06. The van der Waals surface area contributed by atoms with Crippen molar-refractivity contribution in [1.29, 1.82) is 0 Å². The molecule has 68 valence electrons. The maximum atomic E-state index is 11.8. The monoisotopic (exact) mass is 174 g/mol. The first-order valence-electron chi connectivity index (χ1n) is 3.91. The maximum Gasteiger partial charge on any atom is 0.387 e. The molecule has 1 atom stereocenters. The fourth-order valence-corrected chi connectivity index (χ4v) is 1.12. The number of hydrogen-bond acceptors (Lipinski definition) is 1. The molecule has 1 aliphatic carbocycles. The Morgan fingerprint density at radius 1 is 1.50 bits per heavy atom. The lowest BCUT2D eigenvalue weighted by molar-refractivity contribution is -0.0995. The lowest BCUT2D eigenvalue weighted by Crippen LogP contribution is -2.08. The molecule has 0 bridgehead atoms. The molecule has 1 nitrogen and oxygen atoms in total. The molecule has 3 heteroatoms. The van der Waals surface area contributed by atoms with Gasteiger partial charge in [0, 0.05) is 6.42 Å². The van der Waals surface area contributed by atoms with Crippen LogP contribution in [-0.4, -0.2) is 6.61 Å². The summed E-state index contributed by atoms with van der Waals surface area (Å²) < 4.78 is 27.8. The Morgan fingerprint density at radius 2 is 2.17 bits per heavy atom. The van der Waals surface area contributed by atoms with E-state index in [0.717, 1.165) is 0 Å². The third kappa shape index (κ3) is 2.32. The smallest absolute Gasteiger partial charge is 0.387 e. The minimum atomic E-state index is -2.70. The highest BCUT2D eigenvalue weighted by Gasteiger charge is 2.15. The Bertz CT molecular complexity index is 215. The van der Waals surface area contributed by atoms with Crippen LogP contribution in [0.15, 0.2) is 23.5 Å². The number of allylic oxidation sites excluding steroid dienone is 4. The van der Waals surface area contributed by atoms with E-state index in [-0.39, 0.29) is 0 Å². The highest BCUT2D eigenvalue weighted by atomic mass is 19.3. The summed E-state index contributed by atoms with van der Waals surface area (Å²) in [5.74, 6) is 0.687. The highest BCUT2D eigenvalue weighted by Crippen LogP contribution is 2.25. The van der Waals surface area contributed by atoms with Crippen LogP contribution in [0.2, 0.25) is 0 Å². The normalized spacial score (nSPS) is 23.6. The van der Waals surface area contributed by atoms with Gasteiger partial charge in [0.05, 0.1) is 0 Å². The molecule has 0 amide bonds. The molecule has 1 aliphatic rings. The first-order valence-corrected chi connectivity index (χ1v) is 3.91. The molecule has 0 saturated heterocycles. The minimum Gasteiger partial charge on any atom is -0.439 e. The average molecular weight is 174 g/mol. The molecule has 0 N–H and O–H groups in total. The van der Waals surface area contributed by atoms with Crippen LogP contribution in [-0.2, 0) is 4.74 Å². The number of halogens is 2. The third-order valence-electron chi connectivity index (χ3n) is 2.06. The van der Waals surface area contributed by atoms with Gasteiger partial charge in [0.1, 0.15) is 5.76 Å². The van der Waals surface area contributed by atoms with Gasteiger partial charge < -0.3 is 4.74 Å². The Morgan fingerprint density at radius 3 is 2.67 bits per heavy atom. The van der Waals surface area contributed by atoms with Crippen LogP contribution < -0.4 is 0 Å². The van der Waals surface area contributed by atoms with Crippen LogP contribution in [0.4, 0.5) is 8.78 Å². The van der Waals surface area contributed by atoms with E-state index in [9.17, 15) is 8.78 Å². The largest absolute Gasteiger partial charge is 0.439 e. The summed E-state index contributed by atoms with van der Waals surface area (Å²) in [6.07, 6.45) is 4.01. The fraction of sp³-hybridized carbons (Fsp3) is 0.556. The van der Waals surface area contributed by atoms with Crippen molar-refractivity contribution >= 4 is 0 Å². The van der Waals surface area contributed by atoms with Gasteiger partial charge in [-0.15, -0.1) is 0 Å². The summed E-state index contributed by atoms with van der Waals surface area (Å²) in [6.45, 7) is 1.28. The van der Waals surface area contributed by atoms with Gasteiger partial charge in [0.2, 0.25) is 0 Å². The van der Waals surface area contributed by atoms with Crippen molar-refractivity contribution in [3.05, 3.63) is 23.5 Å². The zero-order valence-electron chi connectivity index (χ0n) is 7.18. The molecule has 0 radical (unpaired) electrons. The summed E-state index contributed by atoms with van der Waals surface area (Å²) >= 11 is 0. The van der Waals surface area contributed by atoms with Crippen LogP contribution in [0.5, 0.6) is 0 Å². The number of rotatable bonds is 2. The summed E-state index contributed by atoms with van der Waals surface area (Å²) in [7, 11) is 0. The summed E-state index contributed by atoms with van der Waals surface area (Å²) in [5, 5.41) is 0. The Labute approximate surface area is 70.7 Å². The van der Waals surface area contributed by atoms with Gasteiger partial charge in [-0.2, -0.15) is 8.78 Å². The lowest BCUT2D eigenvalue weighted by Gasteiger charge is -2.18. The average Bonchev–Trinajstić information content (AvgIpc) is 1.96.